The van der Waals surface area contributed by atoms with Crippen LogP contribution in [0.3, 0.4) is 0 Å². The second kappa shape index (κ2) is 9.10. The highest BCUT2D eigenvalue weighted by Gasteiger charge is 2.38. The summed E-state index contributed by atoms with van der Waals surface area (Å²) in [5, 5.41) is 5.10. The molecule has 0 amide bonds. The summed E-state index contributed by atoms with van der Waals surface area (Å²) >= 11 is 4.47. The van der Waals surface area contributed by atoms with Gasteiger partial charge in [0.25, 0.3) is 0 Å². The maximum Gasteiger partial charge on any atom is 0.341 e. The van der Waals surface area contributed by atoms with Crippen molar-refractivity contribution < 1.29 is 19.0 Å². The Hall–Kier alpha value is -2.17. The van der Waals surface area contributed by atoms with Crippen molar-refractivity contribution in [3.63, 3.8) is 0 Å². The van der Waals surface area contributed by atoms with Crippen LogP contribution in [0.2, 0.25) is 0 Å². The molecule has 4 rings (SSSR count). The normalized spacial score (nSPS) is 19.1. The molecule has 0 N–H and O–H groups in total. The lowest BCUT2D eigenvalue weighted by molar-refractivity contribution is -0.382. The van der Waals surface area contributed by atoms with E-state index in [2.05, 4.69) is 9.98 Å². The molecule has 150 valence electrons. The Balaban J connectivity index is 1.78. The molecule has 1 aliphatic heterocycles. The second-order valence-corrected chi connectivity index (χ2v) is 8.88. The average molecular weight is 447 g/mol. The predicted octanol–water partition coefficient (Wildman–Crippen LogP) is 5.94. The van der Waals surface area contributed by atoms with Crippen LogP contribution in [0, 0.1) is 0 Å². The van der Waals surface area contributed by atoms with Gasteiger partial charge < -0.3 is 14.2 Å². The van der Waals surface area contributed by atoms with E-state index in [9.17, 15) is 4.79 Å². The summed E-state index contributed by atoms with van der Waals surface area (Å²) in [4.78, 5) is 23.9. The molecule has 4 heterocycles. The van der Waals surface area contributed by atoms with Crippen LogP contribution in [-0.2, 0) is 14.2 Å². The maximum atomic E-state index is 12.8. The third kappa shape index (κ3) is 4.54. The minimum atomic E-state index is -0.665. The number of carbonyl (C=O) groups is 1. The Bertz CT molecular complexity index is 1020. The van der Waals surface area contributed by atoms with Crippen molar-refractivity contribution in [2.75, 3.05) is 6.61 Å². The number of hydrogen-bond acceptors (Lipinski definition) is 9. The van der Waals surface area contributed by atoms with Crippen LogP contribution in [0.4, 0.5) is 10.0 Å². The average Bonchev–Trinajstić information content (AvgIpc) is 3.43. The lowest BCUT2D eigenvalue weighted by atomic mass is 10.1. The topological polar surface area (TPSA) is 69.5 Å². The number of nitrogens with zero attached hydrogens (tertiary/aromatic N) is 2. The van der Waals surface area contributed by atoms with E-state index in [1.165, 1.54) is 11.3 Å². The molecular formula is C20H18N2O4S3. The maximum absolute atomic E-state index is 12.8. The molecule has 1 aliphatic rings. The van der Waals surface area contributed by atoms with E-state index >= 15 is 0 Å². The number of aliphatic imine (C=N–C) groups is 2. The molecule has 6 nitrogen and oxygen atoms in total. The Morgan fingerprint density at radius 3 is 2.24 bits per heavy atom. The fourth-order valence-corrected chi connectivity index (χ4v) is 4.86. The van der Waals surface area contributed by atoms with Crippen molar-refractivity contribution in [2.24, 2.45) is 9.98 Å². The number of rotatable bonds is 7. The number of carbonyl (C=O) groups excluding carboxylic acids is 1. The molecule has 0 saturated carbocycles. The Labute approximate surface area is 180 Å². The minimum absolute atomic E-state index is 0.263. The summed E-state index contributed by atoms with van der Waals surface area (Å²) in [6.45, 7) is 3.84. The number of ether oxygens (including phenoxy) is 3. The quantitative estimate of drug-likeness (QED) is 0.333. The van der Waals surface area contributed by atoms with Gasteiger partial charge in [0.2, 0.25) is 0 Å². The largest absolute Gasteiger partial charge is 0.462 e. The predicted molar refractivity (Wildman–Crippen MR) is 118 cm³/mol. The highest BCUT2D eigenvalue weighted by molar-refractivity contribution is 7.20. The van der Waals surface area contributed by atoms with Gasteiger partial charge >= 0.3 is 5.97 Å². The zero-order chi connectivity index (χ0) is 20.2. The van der Waals surface area contributed by atoms with Gasteiger partial charge in [0.15, 0.2) is 12.6 Å². The zero-order valence-electron chi connectivity index (χ0n) is 15.7. The molecule has 3 aromatic heterocycles. The Morgan fingerprint density at radius 1 is 1.10 bits per heavy atom. The van der Waals surface area contributed by atoms with Gasteiger partial charge in [-0.3, -0.25) is 0 Å². The SMILES string of the molecule is CCOC(=O)c1c(/N=C/c2cccs2)sc(/N=C/c2cccs2)c1C1OC(C)O1. The Morgan fingerprint density at radius 2 is 1.72 bits per heavy atom. The van der Waals surface area contributed by atoms with Gasteiger partial charge in [-0.25, -0.2) is 14.8 Å². The van der Waals surface area contributed by atoms with Crippen molar-refractivity contribution in [1.29, 1.82) is 0 Å². The smallest absolute Gasteiger partial charge is 0.341 e. The van der Waals surface area contributed by atoms with Crippen molar-refractivity contribution in [3.8, 4) is 0 Å². The molecular weight excluding hydrogens is 428 g/mol. The Kier molecular flexibility index (Phi) is 6.31. The van der Waals surface area contributed by atoms with E-state index < -0.39 is 12.3 Å². The summed E-state index contributed by atoms with van der Waals surface area (Å²) < 4.78 is 16.7. The summed E-state index contributed by atoms with van der Waals surface area (Å²) in [6, 6.07) is 7.85. The standard InChI is InChI=1S/C20H18N2O4S3/c1-3-24-19(23)15-16(20-25-12(2)26-20)18(22-11-14-7-5-9-28-14)29-17(15)21-10-13-6-4-8-27-13/h4-12,20H,3H2,1-2H3/b21-10+,22-11+. The number of thiophene rings is 3. The van der Waals surface area contributed by atoms with Gasteiger partial charge in [-0.1, -0.05) is 23.5 Å². The first-order valence-corrected chi connectivity index (χ1v) is 11.5. The van der Waals surface area contributed by atoms with Crippen molar-refractivity contribution in [1.82, 2.24) is 0 Å². The number of esters is 1. The van der Waals surface area contributed by atoms with Crippen molar-refractivity contribution in [3.05, 3.63) is 55.9 Å². The summed E-state index contributed by atoms with van der Waals surface area (Å²) in [7, 11) is 0. The lowest BCUT2D eigenvalue weighted by Gasteiger charge is -2.34. The van der Waals surface area contributed by atoms with Gasteiger partial charge in [-0.2, -0.15) is 0 Å². The summed E-state index contributed by atoms with van der Waals surface area (Å²) in [5.41, 5.74) is 0.914. The van der Waals surface area contributed by atoms with Gasteiger partial charge in [-0.15, -0.1) is 22.7 Å². The third-order valence-corrected chi connectivity index (χ3v) is 6.59. The second-order valence-electron chi connectivity index (χ2n) is 5.94. The molecule has 0 radical (unpaired) electrons. The van der Waals surface area contributed by atoms with Crippen LogP contribution in [0.25, 0.3) is 0 Å². The first kappa shape index (κ1) is 20.1. The molecule has 0 aromatic carbocycles. The first-order valence-electron chi connectivity index (χ1n) is 8.95. The zero-order valence-corrected chi connectivity index (χ0v) is 18.2. The van der Waals surface area contributed by atoms with Crippen LogP contribution in [0.15, 0.2) is 45.0 Å². The molecule has 1 saturated heterocycles. The summed E-state index contributed by atoms with van der Waals surface area (Å²) in [6.07, 6.45) is 2.51. The van der Waals surface area contributed by atoms with E-state index in [4.69, 9.17) is 14.2 Å². The monoisotopic (exact) mass is 446 g/mol. The molecule has 0 atom stereocenters. The molecule has 0 spiro atoms. The molecule has 9 heteroatoms. The van der Waals surface area contributed by atoms with Crippen molar-refractivity contribution >= 4 is 62.4 Å². The van der Waals surface area contributed by atoms with Gasteiger partial charge in [0.05, 0.1) is 12.2 Å². The molecule has 0 aliphatic carbocycles. The van der Waals surface area contributed by atoms with E-state index in [1.54, 1.807) is 49.0 Å². The highest BCUT2D eigenvalue weighted by Crippen LogP contribution is 2.49. The fraction of sp³-hybridized carbons (Fsp3) is 0.250. The molecule has 0 bridgehead atoms. The van der Waals surface area contributed by atoms with Crippen LogP contribution >= 0.6 is 34.0 Å². The lowest BCUT2D eigenvalue weighted by Crippen LogP contribution is -2.32. The van der Waals surface area contributed by atoms with Crippen LogP contribution in [0.5, 0.6) is 0 Å². The van der Waals surface area contributed by atoms with Crippen LogP contribution < -0.4 is 0 Å². The van der Waals surface area contributed by atoms with Gasteiger partial charge in [-0.05, 0) is 36.7 Å². The first-order chi connectivity index (χ1) is 14.2. The van der Waals surface area contributed by atoms with Crippen LogP contribution in [-0.4, -0.2) is 31.3 Å². The highest BCUT2D eigenvalue weighted by atomic mass is 32.1. The van der Waals surface area contributed by atoms with Crippen LogP contribution in [0.1, 0.15) is 45.8 Å². The van der Waals surface area contributed by atoms with Gasteiger partial charge in [0.1, 0.15) is 15.6 Å². The minimum Gasteiger partial charge on any atom is -0.462 e. The van der Waals surface area contributed by atoms with E-state index in [0.29, 0.717) is 21.1 Å². The van der Waals surface area contributed by atoms with Crippen molar-refractivity contribution in [2.45, 2.75) is 26.4 Å². The summed E-state index contributed by atoms with van der Waals surface area (Å²) in [5.74, 6) is -0.457. The fourth-order valence-electron chi connectivity index (χ4n) is 2.69. The van der Waals surface area contributed by atoms with E-state index in [0.717, 1.165) is 9.75 Å². The van der Waals surface area contributed by atoms with Gasteiger partial charge in [0, 0.05) is 22.2 Å². The van der Waals surface area contributed by atoms with E-state index in [-0.39, 0.29) is 12.9 Å². The molecule has 0 unspecified atom stereocenters. The molecule has 29 heavy (non-hydrogen) atoms. The van der Waals surface area contributed by atoms with E-state index in [1.807, 2.05) is 35.0 Å². The molecule has 1 fully saturated rings. The molecule has 3 aromatic rings. The third-order valence-electron chi connectivity index (χ3n) is 3.96. The number of hydrogen-bond donors (Lipinski definition) is 0.